The summed E-state index contributed by atoms with van der Waals surface area (Å²) in [6.45, 7) is 0. The maximum Gasteiger partial charge on any atom is 0.274 e. The zero-order chi connectivity index (χ0) is 28.3. The number of nitrogens with zero attached hydrogens (tertiary/aromatic N) is 3. The van der Waals surface area contributed by atoms with Gasteiger partial charge in [0.25, 0.3) is 11.5 Å². The van der Waals surface area contributed by atoms with Crippen molar-refractivity contribution in [2.24, 2.45) is 5.73 Å². The largest absolute Gasteiger partial charge is 0.384 e. The first-order valence-electron chi connectivity index (χ1n) is 14.9. The summed E-state index contributed by atoms with van der Waals surface area (Å²) in [7, 11) is 0. The zero-order valence-electron chi connectivity index (χ0n) is 23.3. The molecule has 3 aliphatic rings. The lowest BCUT2D eigenvalue weighted by atomic mass is 9.81. The molecule has 2 N–H and O–H groups in total. The predicted octanol–water partition coefficient (Wildman–Crippen LogP) is 4.83. The Hall–Kier alpha value is -3.89. The van der Waals surface area contributed by atoms with E-state index in [2.05, 4.69) is 11.0 Å². The Balaban J connectivity index is 1.62. The molecule has 0 bridgehead atoms. The van der Waals surface area contributed by atoms with Gasteiger partial charge in [-0.05, 0) is 42.9 Å². The number of fused-ring (bicyclic) bond motifs is 1. The van der Waals surface area contributed by atoms with Crippen molar-refractivity contribution in [3.05, 3.63) is 96.9 Å². The maximum atomic E-state index is 15.1. The Kier molecular flexibility index (Phi) is 7.93. The number of nitrogens with two attached hydrogens (primary N) is 1. The molecule has 1 amide bonds. The SMILES string of the molecule is N#CC1=C(N)n2c(s/c(=C/c3ccccc3)c2=O)=C(C(=O)N(C2CCCCC2)C2CCCCC2)C1c1ccccc1. The van der Waals surface area contributed by atoms with Gasteiger partial charge in [-0.2, -0.15) is 5.26 Å². The van der Waals surface area contributed by atoms with Crippen molar-refractivity contribution in [1.29, 1.82) is 5.26 Å². The third-order valence-electron chi connectivity index (χ3n) is 8.90. The molecule has 2 saturated carbocycles. The Labute approximate surface area is 244 Å². The van der Waals surface area contributed by atoms with Crippen LogP contribution in [0.15, 0.2) is 71.0 Å². The summed E-state index contributed by atoms with van der Waals surface area (Å²) in [5, 5.41) is 10.4. The minimum absolute atomic E-state index is 0.0424. The predicted molar refractivity (Wildman–Crippen MR) is 164 cm³/mol. The first-order valence-corrected chi connectivity index (χ1v) is 15.7. The highest BCUT2D eigenvalue weighted by molar-refractivity contribution is 7.07. The van der Waals surface area contributed by atoms with Crippen molar-refractivity contribution in [3.8, 4) is 6.07 Å². The summed E-state index contributed by atoms with van der Waals surface area (Å²) >= 11 is 1.31. The molecular formula is C34H36N4O2S. The van der Waals surface area contributed by atoms with Crippen LogP contribution in [-0.4, -0.2) is 27.5 Å². The molecular weight excluding hydrogens is 528 g/mol. The summed E-state index contributed by atoms with van der Waals surface area (Å²) in [6.07, 6.45) is 12.7. The molecule has 0 saturated heterocycles. The van der Waals surface area contributed by atoms with Crippen LogP contribution in [0.2, 0.25) is 0 Å². The van der Waals surface area contributed by atoms with Crippen LogP contribution in [0.4, 0.5) is 0 Å². The van der Waals surface area contributed by atoms with E-state index in [4.69, 9.17) is 5.73 Å². The Morgan fingerprint density at radius 2 is 1.46 bits per heavy atom. The number of amides is 1. The molecule has 2 fully saturated rings. The van der Waals surface area contributed by atoms with E-state index >= 15 is 4.79 Å². The van der Waals surface area contributed by atoms with Crippen LogP contribution < -0.4 is 20.5 Å². The smallest absolute Gasteiger partial charge is 0.274 e. The van der Waals surface area contributed by atoms with E-state index in [1.807, 2.05) is 66.7 Å². The van der Waals surface area contributed by atoms with E-state index in [1.165, 1.54) is 28.7 Å². The van der Waals surface area contributed by atoms with Crippen LogP contribution in [0.3, 0.4) is 0 Å². The number of aromatic nitrogens is 1. The van der Waals surface area contributed by atoms with Gasteiger partial charge in [-0.15, -0.1) is 11.3 Å². The van der Waals surface area contributed by atoms with Crippen molar-refractivity contribution >= 4 is 34.7 Å². The molecule has 6 nitrogen and oxygen atoms in total. The zero-order valence-corrected chi connectivity index (χ0v) is 24.1. The fourth-order valence-corrected chi connectivity index (χ4v) is 8.09. The number of allylic oxidation sites excluding steroid dienone is 1. The van der Waals surface area contributed by atoms with Gasteiger partial charge in [0, 0.05) is 12.1 Å². The molecule has 1 aromatic heterocycles. The van der Waals surface area contributed by atoms with Gasteiger partial charge in [0.1, 0.15) is 10.5 Å². The topological polar surface area (TPSA) is 92.1 Å². The number of thiazole rings is 1. The highest BCUT2D eigenvalue weighted by Crippen LogP contribution is 2.39. The molecule has 3 aromatic rings. The number of hydrogen-bond donors (Lipinski definition) is 1. The second-order valence-corrected chi connectivity index (χ2v) is 12.5. The Bertz CT molecular complexity index is 1650. The van der Waals surface area contributed by atoms with Crippen LogP contribution in [0.1, 0.15) is 81.3 Å². The molecule has 0 spiro atoms. The number of nitriles is 1. The van der Waals surface area contributed by atoms with Crippen LogP contribution >= 0.6 is 11.3 Å². The molecule has 2 aromatic carbocycles. The van der Waals surface area contributed by atoms with Gasteiger partial charge in [-0.25, -0.2) is 0 Å². The average Bonchev–Trinajstić information content (AvgIpc) is 3.34. The molecule has 7 heteroatoms. The number of rotatable bonds is 5. The third-order valence-corrected chi connectivity index (χ3v) is 10.0. The number of carbonyl (C=O) groups is 1. The number of hydrogen-bond acceptors (Lipinski definition) is 5. The molecule has 0 radical (unpaired) electrons. The second-order valence-electron chi connectivity index (χ2n) is 11.4. The minimum Gasteiger partial charge on any atom is -0.384 e. The van der Waals surface area contributed by atoms with Crippen LogP contribution in [0, 0.1) is 11.3 Å². The number of benzene rings is 2. The molecule has 6 rings (SSSR count). The molecule has 1 atom stereocenters. The van der Waals surface area contributed by atoms with Gasteiger partial charge < -0.3 is 10.6 Å². The summed E-state index contributed by atoms with van der Waals surface area (Å²) in [6, 6.07) is 22.0. The van der Waals surface area contributed by atoms with E-state index in [-0.39, 0.29) is 34.9 Å². The lowest BCUT2D eigenvalue weighted by Crippen LogP contribution is -2.51. The van der Waals surface area contributed by atoms with Crippen molar-refractivity contribution in [1.82, 2.24) is 9.47 Å². The standard InChI is InChI=1S/C34H36N4O2S/c35-22-27-29(24-15-7-2-8-16-24)30(33(40)37(25-17-9-3-10-18-25)26-19-11-4-12-20-26)34-38(31(27)36)32(39)28(41-34)21-23-13-5-1-6-14-23/h1-2,5-8,13-16,21,25-26,29H,3-4,9-12,17-20,36H2/b28-21+. The Morgan fingerprint density at radius 3 is 2.02 bits per heavy atom. The van der Waals surface area contributed by atoms with E-state index < -0.39 is 5.92 Å². The summed E-state index contributed by atoms with van der Waals surface area (Å²) in [4.78, 5) is 31.1. The fourth-order valence-electron chi connectivity index (χ4n) is 6.92. The van der Waals surface area contributed by atoms with Crippen LogP contribution in [0.5, 0.6) is 0 Å². The summed E-state index contributed by atoms with van der Waals surface area (Å²) < 4.78 is 2.46. The molecule has 41 heavy (non-hydrogen) atoms. The molecule has 210 valence electrons. The van der Waals surface area contributed by atoms with Crippen LogP contribution in [0.25, 0.3) is 17.5 Å². The lowest BCUT2D eigenvalue weighted by molar-refractivity contribution is -0.131. The monoisotopic (exact) mass is 564 g/mol. The van der Waals surface area contributed by atoms with Crippen molar-refractivity contribution in [3.63, 3.8) is 0 Å². The fraction of sp³-hybridized carbons (Fsp3) is 0.382. The van der Waals surface area contributed by atoms with Gasteiger partial charge in [0.2, 0.25) is 0 Å². The van der Waals surface area contributed by atoms with Crippen molar-refractivity contribution in [2.75, 3.05) is 0 Å². The highest BCUT2D eigenvalue weighted by Gasteiger charge is 2.41. The highest BCUT2D eigenvalue weighted by atomic mass is 32.1. The normalized spacial score (nSPS) is 20.5. The Morgan fingerprint density at radius 1 is 0.902 bits per heavy atom. The average molecular weight is 565 g/mol. The van der Waals surface area contributed by atoms with Crippen molar-refractivity contribution in [2.45, 2.75) is 82.2 Å². The van der Waals surface area contributed by atoms with E-state index in [0.717, 1.165) is 62.5 Å². The number of carbonyl (C=O) groups excluding carboxylic acids is 1. The first-order chi connectivity index (χ1) is 20.1. The summed E-state index contributed by atoms with van der Waals surface area (Å²) in [5.74, 6) is -0.561. The van der Waals surface area contributed by atoms with Crippen molar-refractivity contribution < 1.29 is 4.79 Å². The van der Waals surface area contributed by atoms with E-state index in [1.54, 1.807) is 0 Å². The van der Waals surface area contributed by atoms with E-state index in [0.29, 0.717) is 14.8 Å². The summed E-state index contributed by atoms with van der Waals surface area (Å²) in [5.41, 5.74) is 8.83. The van der Waals surface area contributed by atoms with Gasteiger partial charge in [0.15, 0.2) is 0 Å². The van der Waals surface area contributed by atoms with Crippen LogP contribution in [-0.2, 0) is 4.79 Å². The van der Waals surface area contributed by atoms with Gasteiger partial charge in [-0.3, -0.25) is 14.2 Å². The van der Waals surface area contributed by atoms with E-state index in [9.17, 15) is 10.1 Å². The molecule has 2 heterocycles. The molecule has 2 aliphatic carbocycles. The molecule has 1 unspecified atom stereocenters. The third kappa shape index (κ3) is 5.17. The maximum absolute atomic E-state index is 15.1. The van der Waals surface area contributed by atoms with Gasteiger partial charge >= 0.3 is 0 Å². The van der Waals surface area contributed by atoms with Gasteiger partial charge in [-0.1, -0.05) is 99.2 Å². The quantitative estimate of drug-likeness (QED) is 0.481. The molecule has 1 aliphatic heterocycles. The second kappa shape index (κ2) is 11.9. The van der Waals surface area contributed by atoms with Gasteiger partial charge in [0.05, 0.1) is 27.7 Å². The first kappa shape index (κ1) is 27.3. The lowest BCUT2D eigenvalue weighted by Gasteiger charge is -2.43. The minimum atomic E-state index is -0.633.